The lowest BCUT2D eigenvalue weighted by atomic mass is 9.99. The Hall–Kier alpha value is -4.12. The maximum atomic E-state index is 13.0. The van der Waals surface area contributed by atoms with Crippen LogP contribution in [0.15, 0.2) is 82.3 Å². The molecular formula is C23H22N4O6S. The molecule has 0 aliphatic carbocycles. The van der Waals surface area contributed by atoms with Gasteiger partial charge in [0.1, 0.15) is 12.3 Å². The molecule has 2 heterocycles. The summed E-state index contributed by atoms with van der Waals surface area (Å²) in [5.41, 5.74) is -0.736. The normalized spacial score (nSPS) is 18.0. The largest absolute Gasteiger partial charge is 0.466 e. The number of benzene rings is 2. The van der Waals surface area contributed by atoms with Crippen LogP contribution in [0.5, 0.6) is 0 Å². The van der Waals surface area contributed by atoms with E-state index in [0.29, 0.717) is 5.69 Å². The van der Waals surface area contributed by atoms with E-state index < -0.39 is 40.0 Å². The second kappa shape index (κ2) is 8.67. The van der Waals surface area contributed by atoms with E-state index in [1.807, 2.05) is 0 Å². The van der Waals surface area contributed by atoms with Crippen molar-refractivity contribution < 1.29 is 27.2 Å². The van der Waals surface area contributed by atoms with Gasteiger partial charge in [-0.15, -0.1) is 0 Å². The van der Waals surface area contributed by atoms with Crippen LogP contribution in [-0.4, -0.2) is 44.8 Å². The number of nitrogens with one attached hydrogen (secondary N) is 2. The van der Waals surface area contributed by atoms with Gasteiger partial charge in [-0.3, -0.25) is 18.8 Å². The molecule has 3 aromatic rings. The van der Waals surface area contributed by atoms with E-state index in [2.05, 4.69) is 10.6 Å². The molecule has 4 rings (SSSR count). The van der Waals surface area contributed by atoms with Gasteiger partial charge in [0.15, 0.2) is 5.54 Å². The third-order valence-corrected chi connectivity index (χ3v) is 7.27. The quantitative estimate of drug-likeness (QED) is 0.498. The first-order chi connectivity index (χ1) is 16.1. The van der Waals surface area contributed by atoms with Crippen LogP contribution in [0.1, 0.15) is 12.7 Å². The van der Waals surface area contributed by atoms with Crippen molar-refractivity contribution in [3.8, 4) is 0 Å². The number of furan rings is 1. The average molecular weight is 483 g/mol. The van der Waals surface area contributed by atoms with Crippen molar-refractivity contribution in [1.29, 1.82) is 0 Å². The Kier molecular flexibility index (Phi) is 5.88. The number of hydrogen-bond donors (Lipinski definition) is 2. The van der Waals surface area contributed by atoms with Gasteiger partial charge in [-0.2, -0.15) is 0 Å². The van der Waals surface area contributed by atoms with Crippen LogP contribution in [-0.2, 0) is 25.2 Å². The lowest BCUT2D eigenvalue weighted by molar-refractivity contribution is -0.134. The molecule has 0 spiro atoms. The van der Waals surface area contributed by atoms with Crippen molar-refractivity contribution in [3.63, 3.8) is 0 Å². The fourth-order valence-electron chi connectivity index (χ4n) is 3.58. The van der Waals surface area contributed by atoms with E-state index in [4.69, 9.17) is 4.42 Å². The summed E-state index contributed by atoms with van der Waals surface area (Å²) in [5.74, 6) is -1.06. The Bertz CT molecular complexity index is 1340. The summed E-state index contributed by atoms with van der Waals surface area (Å²) >= 11 is 0. The molecule has 11 heteroatoms. The van der Waals surface area contributed by atoms with Gasteiger partial charge in [-0.05, 0) is 49.4 Å². The second-order valence-electron chi connectivity index (χ2n) is 7.81. The van der Waals surface area contributed by atoms with Crippen molar-refractivity contribution in [2.45, 2.75) is 17.4 Å². The fraction of sp³-hybridized carbons (Fsp3) is 0.174. The molecule has 34 heavy (non-hydrogen) atoms. The fourth-order valence-corrected chi connectivity index (χ4v) is 4.83. The Labute approximate surface area is 196 Å². The van der Waals surface area contributed by atoms with Gasteiger partial charge < -0.3 is 15.1 Å². The molecule has 1 aliphatic rings. The minimum atomic E-state index is -3.89. The van der Waals surface area contributed by atoms with Crippen molar-refractivity contribution in [3.05, 3.63) is 78.8 Å². The van der Waals surface area contributed by atoms with Gasteiger partial charge in [0.05, 0.1) is 16.8 Å². The van der Waals surface area contributed by atoms with Gasteiger partial charge in [0.25, 0.3) is 15.9 Å². The summed E-state index contributed by atoms with van der Waals surface area (Å²) < 4.78 is 32.4. The highest BCUT2D eigenvalue weighted by Crippen LogP contribution is 2.29. The topological polar surface area (TPSA) is 129 Å². The number of anilines is 2. The first-order valence-corrected chi connectivity index (χ1v) is 11.7. The number of hydrogen-bond acceptors (Lipinski definition) is 6. The predicted octanol–water partition coefficient (Wildman–Crippen LogP) is 2.51. The summed E-state index contributed by atoms with van der Waals surface area (Å²) in [6.07, 6.45) is 1.38. The molecule has 1 aromatic heterocycles. The lowest BCUT2D eigenvalue weighted by Gasteiger charge is -2.20. The van der Waals surface area contributed by atoms with Gasteiger partial charge in [0.2, 0.25) is 5.91 Å². The molecule has 1 fully saturated rings. The van der Waals surface area contributed by atoms with E-state index in [-0.39, 0.29) is 16.3 Å². The number of para-hydroxylation sites is 1. The summed E-state index contributed by atoms with van der Waals surface area (Å²) in [5, 5.41) is 5.08. The number of sulfonamides is 1. The van der Waals surface area contributed by atoms with Crippen LogP contribution in [0.4, 0.5) is 16.2 Å². The van der Waals surface area contributed by atoms with Crippen LogP contribution in [0.3, 0.4) is 0 Å². The molecule has 2 N–H and O–H groups in total. The van der Waals surface area contributed by atoms with Crippen molar-refractivity contribution >= 4 is 39.2 Å². The van der Waals surface area contributed by atoms with Crippen LogP contribution in [0, 0.1) is 0 Å². The number of rotatable bonds is 7. The summed E-state index contributed by atoms with van der Waals surface area (Å²) in [6, 6.07) is 16.7. The Morgan fingerprint density at radius 2 is 1.82 bits per heavy atom. The first-order valence-electron chi connectivity index (χ1n) is 10.2. The molecule has 176 valence electrons. The molecule has 0 bridgehead atoms. The first kappa shape index (κ1) is 23.1. The second-order valence-corrected chi connectivity index (χ2v) is 9.78. The third kappa shape index (κ3) is 4.13. The third-order valence-electron chi connectivity index (χ3n) is 5.49. The SMILES string of the molecule is CN(c1ccccc1)S(=O)(=O)c1cccc(NC(=O)CN2C(=O)N[C@@](C)(c3ccco3)C2=O)c1. The summed E-state index contributed by atoms with van der Waals surface area (Å²) in [4.78, 5) is 38.6. The zero-order valence-corrected chi connectivity index (χ0v) is 19.2. The van der Waals surface area contributed by atoms with Gasteiger partial charge in [0, 0.05) is 12.7 Å². The van der Waals surface area contributed by atoms with Crippen LogP contribution >= 0.6 is 0 Å². The van der Waals surface area contributed by atoms with Gasteiger partial charge in [-0.1, -0.05) is 24.3 Å². The molecule has 1 saturated heterocycles. The van der Waals surface area contributed by atoms with Crippen LogP contribution in [0.25, 0.3) is 0 Å². The maximum absolute atomic E-state index is 13.0. The van der Waals surface area contributed by atoms with E-state index in [1.54, 1.807) is 42.5 Å². The highest BCUT2D eigenvalue weighted by molar-refractivity contribution is 7.92. The van der Waals surface area contributed by atoms with Crippen molar-refractivity contribution in [2.24, 2.45) is 0 Å². The number of nitrogens with zero attached hydrogens (tertiary/aromatic N) is 2. The minimum absolute atomic E-state index is 0.0305. The highest BCUT2D eigenvalue weighted by Gasteiger charge is 2.51. The van der Waals surface area contributed by atoms with E-state index in [9.17, 15) is 22.8 Å². The van der Waals surface area contributed by atoms with Crippen molar-refractivity contribution in [2.75, 3.05) is 23.2 Å². The van der Waals surface area contributed by atoms with E-state index >= 15 is 0 Å². The maximum Gasteiger partial charge on any atom is 0.325 e. The summed E-state index contributed by atoms with van der Waals surface area (Å²) in [7, 11) is -2.45. The molecule has 10 nitrogen and oxygen atoms in total. The number of amides is 4. The zero-order chi connectivity index (χ0) is 24.5. The Morgan fingerprint density at radius 1 is 1.09 bits per heavy atom. The van der Waals surface area contributed by atoms with Crippen LogP contribution < -0.4 is 14.9 Å². The average Bonchev–Trinajstić information content (AvgIpc) is 3.44. The predicted molar refractivity (Wildman–Crippen MR) is 123 cm³/mol. The smallest absolute Gasteiger partial charge is 0.325 e. The summed E-state index contributed by atoms with van der Waals surface area (Å²) in [6.45, 7) is 0.934. The Morgan fingerprint density at radius 3 is 2.50 bits per heavy atom. The van der Waals surface area contributed by atoms with Crippen molar-refractivity contribution in [1.82, 2.24) is 10.2 Å². The molecule has 4 amide bonds. The van der Waals surface area contributed by atoms with E-state index in [0.717, 1.165) is 9.21 Å². The molecule has 2 aromatic carbocycles. The molecule has 1 aliphatic heterocycles. The number of imide groups is 1. The van der Waals surface area contributed by atoms with Gasteiger partial charge >= 0.3 is 6.03 Å². The number of carbonyl (C=O) groups is 3. The van der Waals surface area contributed by atoms with Crippen LogP contribution in [0.2, 0.25) is 0 Å². The molecule has 0 saturated carbocycles. The standard InChI is InChI=1S/C23H22N4O6S/c1-23(19-12-7-13-33-19)21(29)27(22(30)25-23)15-20(28)24-16-8-6-11-18(14-16)34(31,32)26(2)17-9-4-3-5-10-17/h3-14H,15H2,1-2H3,(H,24,28)(H,25,30)/t23-/m0/s1. The van der Waals surface area contributed by atoms with E-state index in [1.165, 1.54) is 44.5 Å². The minimum Gasteiger partial charge on any atom is -0.466 e. The number of urea groups is 1. The Balaban J connectivity index is 1.48. The molecule has 1 atom stereocenters. The van der Waals surface area contributed by atoms with Gasteiger partial charge in [-0.25, -0.2) is 13.2 Å². The molecule has 0 unspecified atom stereocenters. The zero-order valence-electron chi connectivity index (χ0n) is 18.4. The monoisotopic (exact) mass is 482 g/mol. The lowest BCUT2D eigenvalue weighted by Crippen LogP contribution is -2.41. The molecule has 0 radical (unpaired) electrons. The molecular weight excluding hydrogens is 460 g/mol. The number of carbonyl (C=O) groups excluding carboxylic acids is 3. The highest BCUT2D eigenvalue weighted by atomic mass is 32.2.